The standard InChI is InChI=1S/C32H31FN6O4S/c33-25-15-22(20-5-3-19(4-6-20)21-7-11-37(12-8-21)17-27(40)41)14-23-24(25)16-39(31(23)43)29(30(42)36-32-34-9-13-44-32)28-26-2-1-10-38(26)18-35-28/h3-6,9,13-15,18,21,29H,1-2,7-8,10-12,16-17H2,(H,40,41)(H,34,36,42)/t29-/m0/s1. The zero-order valence-electron chi connectivity index (χ0n) is 23.9. The van der Waals surface area contributed by atoms with Crippen LogP contribution in [0.2, 0.25) is 0 Å². The molecule has 2 N–H and O–H groups in total. The predicted molar refractivity (Wildman–Crippen MR) is 162 cm³/mol. The molecule has 0 unspecified atom stereocenters. The molecule has 7 rings (SSSR count). The Morgan fingerprint density at radius 3 is 2.61 bits per heavy atom. The molecule has 0 aliphatic carbocycles. The van der Waals surface area contributed by atoms with Crippen molar-refractivity contribution in [1.29, 1.82) is 0 Å². The molecule has 1 saturated heterocycles. The molecule has 1 fully saturated rings. The maximum absolute atomic E-state index is 15.7. The quantitative estimate of drug-likeness (QED) is 0.295. The SMILES string of the molecule is O=C(O)CN1CCC(c2ccc(-c3cc(F)c4c(c3)C(=O)N([C@H](C(=O)Nc3nccs3)c3ncn5c3CCC5)C4)cc2)CC1. The highest BCUT2D eigenvalue weighted by atomic mass is 32.1. The second-order valence-electron chi connectivity index (χ2n) is 11.6. The fraction of sp³-hybridized carbons (Fsp3) is 0.344. The van der Waals surface area contributed by atoms with Crippen molar-refractivity contribution in [3.05, 3.63) is 88.2 Å². The summed E-state index contributed by atoms with van der Waals surface area (Å²) >= 11 is 1.28. The van der Waals surface area contributed by atoms with Crippen molar-refractivity contribution < 1.29 is 23.9 Å². The van der Waals surface area contributed by atoms with Crippen molar-refractivity contribution in [3.63, 3.8) is 0 Å². The number of imidazole rings is 1. The minimum atomic E-state index is -1.03. The number of likely N-dealkylation sites (tertiary alicyclic amines) is 1. The van der Waals surface area contributed by atoms with Gasteiger partial charge in [0.1, 0.15) is 5.82 Å². The first-order valence-electron chi connectivity index (χ1n) is 14.8. The molecule has 0 bridgehead atoms. The number of aliphatic carboxylic acids is 1. The van der Waals surface area contributed by atoms with E-state index in [1.165, 1.54) is 22.3 Å². The van der Waals surface area contributed by atoms with E-state index in [1.807, 2.05) is 33.7 Å². The number of nitrogens with one attached hydrogen (secondary N) is 1. The number of halogens is 1. The molecule has 2 amide bonds. The molecule has 2 aromatic carbocycles. The normalized spacial score (nSPS) is 17.5. The third-order valence-corrected chi connectivity index (χ3v) is 9.64. The number of amides is 2. The predicted octanol–water partition coefficient (Wildman–Crippen LogP) is 4.69. The smallest absolute Gasteiger partial charge is 0.317 e. The van der Waals surface area contributed by atoms with E-state index < -0.39 is 29.6 Å². The summed E-state index contributed by atoms with van der Waals surface area (Å²) in [7, 11) is 0. The number of aryl methyl sites for hydroxylation is 1. The zero-order valence-corrected chi connectivity index (χ0v) is 24.7. The number of carbonyl (C=O) groups is 3. The van der Waals surface area contributed by atoms with E-state index >= 15 is 4.39 Å². The van der Waals surface area contributed by atoms with Gasteiger partial charge in [0.05, 0.1) is 25.1 Å². The van der Waals surface area contributed by atoms with Crippen LogP contribution in [0.5, 0.6) is 0 Å². The number of benzene rings is 2. The molecule has 5 heterocycles. The number of hydrogen-bond donors (Lipinski definition) is 2. The molecule has 226 valence electrons. The number of hydrogen-bond acceptors (Lipinski definition) is 7. The lowest BCUT2D eigenvalue weighted by Crippen LogP contribution is -2.38. The summed E-state index contributed by atoms with van der Waals surface area (Å²) in [5, 5.41) is 14.1. The molecule has 0 saturated carbocycles. The Balaban J connectivity index is 1.14. The highest BCUT2D eigenvalue weighted by Crippen LogP contribution is 2.38. The van der Waals surface area contributed by atoms with Crippen LogP contribution in [-0.2, 0) is 29.1 Å². The molecule has 3 aliphatic rings. The number of fused-ring (bicyclic) bond motifs is 2. The minimum Gasteiger partial charge on any atom is -0.480 e. The van der Waals surface area contributed by atoms with Crippen LogP contribution in [-0.4, -0.2) is 66.9 Å². The Hall–Kier alpha value is -4.42. The van der Waals surface area contributed by atoms with Crippen LogP contribution in [0, 0.1) is 5.82 Å². The summed E-state index contributed by atoms with van der Waals surface area (Å²) < 4.78 is 17.7. The van der Waals surface area contributed by atoms with Gasteiger partial charge in [0.15, 0.2) is 11.2 Å². The summed E-state index contributed by atoms with van der Waals surface area (Å²) in [5.74, 6) is -1.81. The molecule has 10 nitrogen and oxygen atoms in total. The van der Waals surface area contributed by atoms with Crippen LogP contribution in [0.4, 0.5) is 9.52 Å². The monoisotopic (exact) mass is 614 g/mol. The average Bonchev–Trinajstić information content (AvgIpc) is 3.82. The number of rotatable bonds is 8. The topological polar surface area (TPSA) is 121 Å². The molecule has 44 heavy (non-hydrogen) atoms. The summed E-state index contributed by atoms with van der Waals surface area (Å²) in [6.07, 6.45) is 6.73. The molecule has 12 heteroatoms. The molecular formula is C32H31FN6O4S. The Kier molecular flexibility index (Phi) is 7.47. The highest BCUT2D eigenvalue weighted by molar-refractivity contribution is 7.13. The van der Waals surface area contributed by atoms with E-state index in [9.17, 15) is 14.4 Å². The second kappa shape index (κ2) is 11.6. The van der Waals surface area contributed by atoms with Gasteiger partial charge < -0.3 is 14.6 Å². The second-order valence-corrected chi connectivity index (χ2v) is 12.5. The van der Waals surface area contributed by atoms with Crippen LogP contribution in [0.15, 0.2) is 54.3 Å². The first-order chi connectivity index (χ1) is 21.4. The average molecular weight is 615 g/mol. The van der Waals surface area contributed by atoms with Crippen LogP contribution in [0.1, 0.15) is 64.1 Å². The molecule has 0 spiro atoms. The van der Waals surface area contributed by atoms with Crippen molar-refractivity contribution in [2.24, 2.45) is 0 Å². The summed E-state index contributed by atoms with van der Waals surface area (Å²) in [4.78, 5) is 50.7. The number of anilines is 1. The van der Waals surface area contributed by atoms with E-state index in [-0.39, 0.29) is 24.2 Å². The number of carboxylic acid groups (broad SMARTS) is 1. The Labute approximate surface area is 257 Å². The molecule has 3 aliphatic heterocycles. The fourth-order valence-electron chi connectivity index (χ4n) is 6.73. The summed E-state index contributed by atoms with van der Waals surface area (Å²) in [5.41, 5.74) is 4.49. The van der Waals surface area contributed by atoms with E-state index in [2.05, 4.69) is 15.3 Å². The molecule has 4 aromatic rings. The number of thiazole rings is 1. The van der Waals surface area contributed by atoms with Gasteiger partial charge in [-0.2, -0.15) is 0 Å². The molecular weight excluding hydrogens is 583 g/mol. The lowest BCUT2D eigenvalue weighted by atomic mass is 9.88. The number of carboxylic acids is 1. The van der Waals surface area contributed by atoms with Gasteiger partial charge in [-0.05, 0) is 73.5 Å². The number of aromatic nitrogens is 3. The van der Waals surface area contributed by atoms with Gasteiger partial charge in [-0.25, -0.2) is 14.4 Å². The first kappa shape index (κ1) is 28.4. The van der Waals surface area contributed by atoms with Crippen LogP contribution in [0.25, 0.3) is 11.1 Å². The van der Waals surface area contributed by atoms with E-state index in [0.29, 0.717) is 22.3 Å². The van der Waals surface area contributed by atoms with Crippen molar-refractivity contribution in [2.45, 2.75) is 50.7 Å². The summed E-state index contributed by atoms with van der Waals surface area (Å²) in [6.45, 7) is 2.30. The van der Waals surface area contributed by atoms with Crippen LogP contribution in [0.3, 0.4) is 0 Å². The lowest BCUT2D eigenvalue weighted by molar-refractivity contribution is -0.138. The summed E-state index contributed by atoms with van der Waals surface area (Å²) in [6, 6.07) is 10.1. The minimum absolute atomic E-state index is 0.0396. The van der Waals surface area contributed by atoms with Gasteiger partial charge in [-0.15, -0.1) is 11.3 Å². The first-order valence-corrected chi connectivity index (χ1v) is 15.7. The number of piperidine rings is 1. The van der Waals surface area contributed by atoms with Gasteiger partial charge in [0.2, 0.25) is 0 Å². The van der Waals surface area contributed by atoms with Gasteiger partial charge >= 0.3 is 5.97 Å². The maximum atomic E-state index is 15.7. The molecule has 1 atom stereocenters. The van der Waals surface area contributed by atoms with E-state index in [0.717, 1.165) is 62.1 Å². The van der Waals surface area contributed by atoms with Crippen LogP contribution < -0.4 is 5.32 Å². The third-order valence-electron chi connectivity index (χ3n) is 8.95. The van der Waals surface area contributed by atoms with Crippen molar-refractivity contribution in [3.8, 4) is 11.1 Å². The highest BCUT2D eigenvalue weighted by Gasteiger charge is 2.42. The number of nitrogens with zero attached hydrogens (tertiary/aromatic N) is 5. The van der Waals surface area contributed by atoms with Gasteiger partial charge in [-0.1, -0.05) is 24.3 Å². The maximum Gasteiger partial charge on any atom is 0.317 e. The third kappa shape index (κ3) is 5.28. The van der Waals surface area contributed by atoms with Crippen molar-refractivity contribution in [1.82, 2.24) is 24.3 Å². The van der Waals surface area contributed by atoms with Crippen molar-refractivity contribution >= 4 is 34.3 Å². The van der Waals surface area contributed by atoms with Gasteiger partial charge in [-0.3, -0.25) is 24.6 Å². The lowest BCUT2D eigenvalue weighted by Gasteiger charge is -2.31. The number of carbonyl (C=O) groups excluding carboxylic acids is 2. The molecule has 2 aromatic heterocycles. The Morgan fingerprint density at radius 1 is 1.09 bits per heavy atom. The Morgan fingerprint density at radius 2 is 1.89 bits per heavy atom. The fourth-order valence-corrected chi connectivity index (χ4v) is 7.26. The largest absolute Gasteiger partial charge is 0.480 e. The van der Waals surface area contributed by atoms with Gasteiger partial charge in [0, 0.05) is 34.9 Å². The zero-order chi connectivity index (χ0) is 30.4. The molecule has 0 radical (unpaired) electrons. The van der Waals surface area contributed by atoms with E-state index in [4.69, 9.17) is 5.11 Å². The Bertz CT molecular complexity index is 1730. The van der Waals surface area contributed by atoms with Gasteiger partial charge in [0.25, 0.3) is 11.8 Å². The van der Waals surface area contributed by atoms with Crippen molar-refractivity contribution in [2.75, 3.05) is 25.0 Å². The van der Waals surface area contributed by atoms with Crippen LogP contribution >= 0.6 is 11.3 Å². The van der Waals surface area contributed by atoms with E-state index in [1.54, 1.807) is 24.0 Å².